The number of pyridine rings is 2. The smallest absolute Gasteiger partial charge is 0.407 e. The number of fused-ring (bicyclic) bond motifs is 1. The first-order chi connectivity index (χ1) is 43.0. The number of aryl methyl sites for hydroxylation is 1. The molecule has 1 aliphatic heterocycles. The summed E-state index contributed by atoms with van der Waals surface area (Å²) in [7, 11) is 0. The molecular formula is C62H74N12O15. The summed E-state index contributed by atoms with van der Waals surface area (Å²) in [5.74, 6) is -2.56. The number of imidazole rings is 1. The van der Waals surface area contributed by atoms with Crippen LogP contribution in [0.25, 0.3) is 33.5 Å². The second-order valence-electron chi connectivity index (χ2n) is 20.6. The predicted molar refractivity (Wildman–Crippen MR) is 326 cm³/mol. The van der Waals surface area contributed by atoms with Crippen LogP contribution in [0.15, 0.2) is 109 Å². The number of aromatic carboxylic acids is 1. The normalized spacial score (nSPS) is 12.6. The Hall–Kier alpha value is -9.83. The number of aromatic amines is 1. The number of carboxylic acids is 1. The second kappa shape index (κ2) is 34.5. The van der Waals surface area contributed by atoms with Gasteiger partial charge in [0.05, 0.1) is 107 Å². The molecule has 3 aromatic heterocycles. The molecule has 1 unspecified atom stereocenters. The highest BCUT2D eigenvalue weighted by Gasteiger charge is 2.29. The van der Waals surface area contributed by atoms with Crippen LogP contribution in [0.1, 0.15) is 60.5 Å². The lowest BCUT2D eigenvalue weighted by molar-refractivity contribution is -0.137. The number of carbonyl (C=O) groups is 8. The van der Waals surface area contributed by atoms with Crippen molar-refractivity contribution in [2.45, 2.75) is 65.3 Å². The van der Waals surface area contributed by atoms with Crippen LogP contribution in [0, 0.1) is 12.8 Å². The van der Waals surface area contributed by atoms with Crippen molar-refractivity contribution in [2.24, 2.45) is 11.7 Å². The Morgan fingerprint density at radius 3 is 2.09 bits per heavy atom. The van der Waals surface area contributed by atoms with Crippen LogP contribution in [0.4, 0.5) is 21.0 Å². The molecule has 89 heavy (non-hydrogen) atoms. The number of hydrogen-bond acceptors (Lipinski definition) is 18. The van der Waals surface area contributed by atoms with E-state index in [2.05, 4.69) is 41.9 Å². The molecule has 27 heteroatoms. The van der Waals surface area contributed by atoms with Gasteiger partial charge in [0.2, 0.25) is 17.7 Å². The van der Waals surface area contributed by atoms with Gasteiger partial charge in [-0.25, -0.2) is 19.4 Å². The van der Waals surface area contributed by atoms with Crippen molar-refractivity contribution in [3.8, 4) is 28.4 Å². The van der Waals surface area contributed by atoms with E-state index in [0.29, 0.717) is 60.6 Å². The van der Waals surface area contributed by atoms with Crippen LogP contribution in [0.2, 0.25) is 0 Å². The highest BCUT2D eigenvalue weighted by Crippen LogP contribution is 2.32. The molecule has 4 heterocycles. The van der Waals surface area contributed by atoms with E-state index in [1.165, 1.54) is 24.3 Å². The van der Waals surface area contributed by atoms with Crippen molar-refractivity contribution in [1.82, 2.24) is 46.1 Å². The number of carbonyl (C=O) groups excluding carboxylic acids is 7. The van der Waals surface area contributed by atoms with Gasteiger partial charge < -0.3 is 76.1 Å². The minimum Gasteiger partial charge on any atom is -0.490 e. The van der Waals surface area contributed by atoms with E-state index >= 15 is 0 Å². The summed E-state index contributed by atoms with van der Waals surface area (Å²) in [5, 5.41) is 26.8. The lowest BCUT2D eigenvalue weighted by atomic mass is 10.0. The minimum atomic E-state index is -1.07. The number of aromatic nitrogens is 4. The Labute approximate surface area is 513 Å². The molecule has 0 saturated carbocycles. The Morgan fingerprint density at radius 1 is 0.730 bits per heavy atom. The number of rotatable bonds is 37. The van der Waals surface area contributed by atoms with Crippen molar-refractivity contribution in [2.75, 3.05) is 89.7 Å². The van der Waals surface area contributed by atoms with Crippen molar-refractivity contribution < 1.29 is 71.9 Å². The number of nitrogens with zero attached hydrogens (tertiary/aromatic N) is 4. The highest BCUT2D eigenvalue weighted by atomic mass is 16.6. The quantitative estimate of drug-likeness (QED) is 0.0183. The lowest BCUT2D eigenvalue weighted by Crippen LogP contribution is -2.54. The lowest BCUT2D eigenvalue weighted by Gasteiger charge is -2.25. The number of imide groups is 1. The zero-order chi connectivity index (χ0) is 63.5. The van der Waals surface area contributed by atoms with Crippen LogP contribution in [0.3, 0.4) is 0 Å². The number of nitrogens with one attached hydrogen (secondary N) is 7. The van der Waals surface area contributed by atoms with E-state index in [-0.39, 0.29) is 108 Å². The van der Waals surface area contributed by atoms with E-state index in [0.717, 1.165) is 38.4 Å². The molecule has 7 rings (SSSR count). The molecule has 0 bridgehead atoms. The van der Waals surface area contributed by atoms with E-state index in [1.54, 1.807) is 56.4 Å². The molecule has 0 spiro atoms. The Balaban J connectivity index is 0.809. The Kier molecular flexibility index (Phi) is 25.8. The summed E-state index contributed by atoms with van der Waals surface area (Å²) in [6.07, 6.45) is 3.71. The van der Waals surface area contributed by atoms with Crippen LogP contribution < -0.4 is 42.4 Å². The monoisotopic (exact) mass is 1230 g/mol. The van der Waals surface area contributed by atoms with Gasteiger partial charge in [0.15, 0.2) is 0 Å². The standard InChI is InChI=1S/C62H74N12O15/c1-39(2)55(73-52(75)21-25-84-28-30-86-32-33-87-31-29-85-27-24-74-53(76)19-20-54(74)77)59(79)70-50(8-5-22-64-61(63)82)58(78)69-46-14-9-41(10-15-46)38-89-62(83)65-23-26-88-47-35-44-34-43(13-18-48(44)67-36-47)56-57(49-7-4-6-40(3)68-49)72-51(71-56)37-66-45-16-11-42(12-17-45)60(80)81/h4,6-7,9-20,34-36,39,50,55,66H,5,8,21-33,37-38H2,1-3H3,(H,65,83)(H,69,78)(H,70,79)(H,71,72)(H,73,75)(H,80,81)(H3,63,64,82)/t50?,55-/m0/s1. The van der Waals surface area contributed by atoms with Gasteiger partial charge in [0, 0.05) is 53.1 Å². The topological polar surface area (TPSA) is 368 Å². The molecule has 10 N–H and O–H groups in total. The van der Waals surface area contributed by atoms with Gasteiger partial charge in [-0.3, -0.25) is 38.8 Å². The van der Waals surface area contributed by atoms with Crippen molar-refractivity contribution in [1.29, 1.82) is 0 Å². The average Bonchev–Trinajstić information content (AvgIpc) is 1.96. The Morgan fingerprint density at radius 2 is 1.42 bits per heavy atom. The molecule has 8 amide bonds. The van der Waals surface area contributed by atoms with Gasteiger partial charge in [0.25, 0.3) is 11.8 Å². The molecule has 2 atom stereocenters. The number of primary amides is 1. The Bertz CT molecular complexity index is 3400. The molecule has 27 nitrogen and oxygen atoms in total. The number of benzene rings is 3. The zero-order valence-electron chi connectivity index (χ0n) is 49.7. The van der Waals surface area contributed by atoms with Gasteiger partial charge in [-0.05, 0) is 98.0 Å². The number of amides is 8. The van der Waals surface area contributed by atoms with Gasteiger partial charge in [-0.2, -0.15) is 0 Å². The predicted octanol–water partition coefficient (Wildman–Crippen LogP) is 5.00. The molecule has 0 saturated heterocycles. The summed E-state index contributed by atoms with van der Waals surface area (Å²) in [6, 6.07) is 23.6. The van der Waals surface area contributed by atoms with Crippen molar-refractivity contribution in [3.05, 3.63) is 132 Å². The largest absolute Gasteiger partial charge is 0.490 e. The van der Waals surface area contributed by atoms with Gasteiger partial charge >= 0.3 is 18.1 Å². The number of ether oxygens (including phenoxy) is 6. The summed E-state index contributed by atoms with van der Waals surface area (Å²) in [6.45, 7) is 8.11. The maximum atomic E-state index is 13.7. The average molecular weight is 1230 g/mol. The summed E-state index contributed by atoms with van der Waals surface area (Å²) in [4.78, 5) is 118. The van der Waals surface area contributed by atoms with E-state index in [9.17, 15) is 43.5 Å². The van der Waals surface area contributed by atoms with Crippen LogP contribution in [-0.4, -0.2) is 169 Å². The fraction of sp³-hybridized carbons (Fsp3) is 0.371. The molecule has 472 valence electrons. The number of H-pyrrole nitrogens is 1. The second-order valence-corrected chi connectivity index (χ2v) is 20.6. The third-order valence-electron chi connectivity index (χ3n) is 13.5. The first kappa shape index (κ1) is 66.7. The maximum absolute atomic E-state index is 13.7. The number of urea groups is 1. The van der Waals surface area contributed by atoms with E-state index < -0.39 is 47.9 Å². The summed E-state index contributed by atoms with van der Waals surface area (Å²) in [5.41, 5.74) is 11.6. The third-order valence-corrected chi connectivity index (χ3v) is 13.5. The van der Waals surface area contributed by atoms with Gasteiger partial charge in [-0.1, -0.05) is 38.1 Å². The maximum Gasteiger partial charge on any atom is 0.407 e. The minimum absolute atomic E-state index is 0.0424. The fourth-order valence-electron chi connectivity index (χ4n) is 8.83. The van der Waals surface area contributed by atoms with Crippen molar-refractivity contribution >= 4 is 69.9 Å². The first-order valence-electron chi connectivity index (χ1n) is 28.9. The number of carboxylic acid groups (broad SMARTS) is 1. The molecule has 0 aliphatic carbocycles. The van der Waals surface area contributed by atoms with Gasteiger partial charge in [0.1, 0.15) is 36.9 Å². The van der Waals surface area contributed by atoms with Crippen LogP contribution in [-0.2, 0) is 60.8 Å². The van der Waals surface area contributed by atoms with E-state index in [4.69, 9.17) is 44.1 Å². The number of hydrogen-bond donors (Lipinski definition) is 9. The summed E-state index contributed by atoms with van der Waals surface area (Å²) < 4.78 is 33.2. The molecule has 0 radical (unpaired) electrons. The SMILES string of the molecule is Cc1cccc(-c2[nH]c(CNc3ccc(C(=O)O)cc3)nc2-c2ccc3ncc(OCCNC(=O)OCc4ccc(NC(=O)C(CCCNC(N)=O)NC(=O)[C@@H](NC(=O)CCOCCOCCOCCOCCN5C(=O)C=CC5=O)C(C)C)cc4)cc3c2)n1. The van der Waals surface area contributed by atoms with Gasteiger partial charge in [-0.15, -0.1) is 0 Å². The molecule has 0 fully saturated rings. The number of anilines is 2. The summed E-state index contributed by atoms with van der Waals surface area (Å²) >= 11 is 0. The fourth-order valence-corrected chi connectivity index (χ4v) is 8.83. The van der Waals surface area contributed by atoms with Crippen LogP contribution in [0.5, 0.6) is 5.75 Å². The number of nitrogens with two attached hydrogens (primary N) is 1. The third kappa shape index (κ3) is 21.8. The zero-order valence-corrected chi connectivity index (χ0v) is 49.7. The molecular weight excluding hydrogens is 1150 g/mol. The molecule has 3 aromatic carbocycles. The molecule has 6 aromatic rings. The molecule has 1 aliphatic rings. The first-order valence-corrected chi connectivity index (χ1v) is 28.9. The highest BCUT2D eigenvalue weighted by molar-refractivity contribution is 6.12. The van der Waals surface area contributed by atoms with E-state index in [1.807, 2.05) is 49.4 Å². The number of alkyl carbamates (subject to hydrolysis) is 1. The van der Waals surface area contributed by atoms with Crippen LogP contribution >= 0.6 is 0 Å². The van der Waals surface area contributed by atoms with Crippen molar-refractivity contribution in [3.63, 3.8) is 0 Å².